The van der Waals surface area contributed by atoms with Gasteiger partial charge in [-0.1, -0.05) is 25.0 Å². The van der Waals surface area contributed by atoms with Crippen LogP contribution in [0.3, 0.4) is 0 Å². The maximum Gasteiger partial charge on any atom is 0.305 e. The van der Waals surface area contributed by atoms with Crippen LogP contribution in [0.25, 0.3) is 0 Å². The van der Waals surface area contributed by atoms with Crippen LogP contribution in [0.15, 0.2) is 24.3 Å². The summed E-state index contributed by atoms with van der Waals surface area (Å²) in [7, 11) is 5.58. The summed E-state index contributed by atoms with van der Waals surface area (Å²) in [6.45, 7) is 0. The molecule has 0 radical (unpaired) electrons. The normalized spacial score (nSPS) is 22.4. The highest BCUT2D eigenvalue weighted by Crippen LogP contribution is 2.40. The van der Waals surface area contributed by atoms with Crippen LogP contribution in [0.2, 0.25) is 0 Å². The van der Waals surface area contributed by atoms with Crippen molar-refractivity contribution in [2.24, 2.45) is 5.92 Å². The van der Waals surface area contributed by atoms with Crippen molar-refractivity contribution in [1.82, 2.24) is 0 Å². The van der Waals surface area contributed by atoms with Gasteiger partial charge in [0.1, 0.15) is 0 Å². The van der Waals surface area contributed by atoms with Crippen molar-refractivity contribution in [3.8, 4) is 0 Å². The number of carbonyl (C=O) groups is 1. The lowest BCUT2D eigenvalue weighted by Crippen LogP contribution is -2.21. The van der Waals surface area contributed by atoms with E-state index in [0.717, 1.165) is 6.42 Å². The van der Waals surface area contributed by atoms with Crippen LogP contribution < -0.4 is 4.90 Å². The Morgan fingerprint density at radius 2 is 1.85 bits per heavy atom. The summed E-state index contributed by atoms with van der Waals surface area (Å²) in [5.41, 5.74) is 2.58. The van der Waals surface area contributed by atoms with Gasteiger partial charge in [0.25, 0.3) is 0 Å². The van der Waals surface area contributed by atoms with E-state index in [-0.39, 0.29) is 5.97 Å². The van der Waals surface area contributed by atoms with Crippen LogP contribution in [0.5, 0.6) is 0 Å². The highest BCUT2D eigenvalue weighted by Gasteiger charge is 2.28. The zero-order valence-corrected chi connectivity index (χ0v) is 12.8. The fourth-order valence-electron chi connectivity index (χ4n) is 3.21. The molecule has 1 aliphatic carbocycles. The van der Waals surface area contributed by atoms with Crippen molar-refractivity contribution in [1.29, 1.82) is 0 Å². The predicted molar refractivity (Wildman–Crippen MR) is 82.1 cm³/mol. The van der Waals surface area contributed by atoms with Gasteiger partial charge >= 0.3 is 5.97 Å². The van der Waals surface area contributed by atoms with E-state index in [9.17, 15) is 4.79 Å². The molecule has 1 aromatic carbocycles. The summed E-state index contributed by atoms with van der Waals surface area (Å²) < 4.78 is 4.84. The van der Waals surface area contributed by atoms with Crippen molar-refractivity contribution in [3.05, 3.63) is 29.8 Å². The molecule has 110 valence electrons. The van der Waals surface area contributed by atoms with E-state index in [2.05, 4.69) is 43.3 Å². The predicted octanol–water partition coefficient (Wildman–Crippen LogP) is 3.59. The molecule has 0 aromatic heterocycles. The molecule has 1 saturated carbocycles. The van der Waals surface area contributed by atoms with E-state index in [0.29, 0.717) is 18.3 Å². The Bertz CT molecular complexity index is 439. The first-order valence-electron chi connectivity index (χ1n) is 7.46. The van der Waals surface area contributed by atoms with Crippen molar-refractivity contribution >= 4 is 11.7 Å². The number of rotatable bonds is 4. The molecule has 0 bridgehead atoms. The standard InChI is InChI=1S/C17H25NO2/c1-18(2)15-10-8-13(9-11-15)16-7-5-4-6-14(16)12-17(19)20-3/h8-11,14,16H,4-7,12H2,1-3H3. The summed E-state index contributed by atoms with van der Waals surface area (Å²) in [5, 5.41) is 0. The molecule has 2 rings (SSSR count). The van der Waals surface area contributed by atoms with Crippen molar-refractivity contribution in [2.45, 2.75) is 38.0 Å². The van der Waals surface area contributed by atoms with E-state index in [1.165, 1.54) is 37.6 Å². The second kappa shape index (κ2) is 6.78. The first-order chi connectivity index (χ1) is 9.61. The van der Waals surface area contributed by atoms with Crippen molar-refractivity contribution in [3.63, 3.8) is 0 Å². The molecule has 3 heteroatoms. The number of hydrogen-bond acceptors (Lipinski definition) is 3. The number of esters is 1. The quantitative estimate of drug-likeness (QED) is 0.786. The summed E-state index contributed by atoms with van der Waals surface area (Å²) in [4.78, 5) is 13.7. The lowest BCUT2D eigenvalue weighted by molar-refractivity contribution is -0.142. The molecule has 1 fully saturated rings. The highest BCUT2D eigenvalue weighted by molar-refractivity contribution is 5.69. The molecular formula is C17H25NO2. The Hall–Kier alpha value is -1.51. The number of nitrogens with zero attached hydrogens (tertiary/aromatic N) is 1. The van der Waals surface area contributed by atoms with Gasteiger partial charge in [0.2, 0.25) is 0 Å². The minimum Gasteiger partial charge on any atom is -0.469 e. The van der Waals surface area contributed by atoms with Crippen LogP contribution in [-0.2, 0) is 9.53 Å². The SMILES string of the molecule is COC(=O)CC1CCCCC1c1ccc(N(C)C)cc1. The van der Waals surface area contributed by atoms with Crippen molar-refractivity contribution in [2.75, 3.05) is 26.1 Å². The lowest BCUT2D eigenvalue weighted by atomic mass is 9.74. The minimum atomic E-state index is -0.0770. The van der Waals surface area contributed by atoms with Gasteiger partial charge in [0, 0.05) is 26.2 Å². The summed E-state index contributed by atoms with van der Waals surface area (Å²) in [6, 6.07) is 8.77. The Morgan fingerprint density at radius 3 is 2.45 bits per heavy atom. The smallest absolute Gasteiger partial charge is 0.305 e. The Kier molecular flexibility index (Phi) is 5.05. The van der Waals surface area contributed by atoms with Gasteiger partial charge in [0.15, 0.2) is 0 Å². The summed E-state index contributed by atoms with van der Waals surface area (Å²) in [5.74, 6) is 0.854. The fraction of sp³-hybridized carbons (Fsp3) is 0.588. The van der Waals surface area contributed by atoms with E-state index in [1.54, 1.807) is 0 Å². The van der Waals surface area contributed by atoms with Crippen LogP contribution in [0.1, 0.15) is 43.6 Å². The molecular weight excluding hydrogens is 250 g/mol. The molecule has 3 nitrogen and oxygen atoms in total. The van der Waals surface area contributed by atoms with Gasteiger partial charge in [-0.2, -0.15) is 0 Å². The monoisotopic (exact) mass is 275 g/mol. The van der Waals surface area contributed by atoms with Crippen LogP contribution in [0, 0.1) is 5.92 Å². The second-order valence-electron chi connectivity index (χ2n) is 5.92. The Morgan fingerprint density at radius 1 is 1.20 bits per heavy atom. The molecule has 0 heterocycles. The molecule has 0 saturated heterocycles. The van der Waals surface area contributed by atoms with Gasteiger partial charge in [-0.05, 0) is 42.4 Å². The van der Waals surface area contributed by atoms with E-state index in [1.807, 2.05) is 0 Å². The van der Waals surface area contributed by atoms with Crippen LogP contribution in [0.4, 0.5) is 5.69 Å². The summed E-state index contributed by atoms with van der Waals surface area (Å²) in [6.07, 6.45) is 5.36. The summed E-state index contributed by atoms with van der Waals surface area (Å²) >= 11 is 0. The van der Waals surface area contributed by atoms with Gasteiger partial charge < -0.3 is 9.64 Å². The van der Waals surface area contributed by atoms with Gasteiger partial charge in [-0.3, -0.25) is 4.79 Å². The second-order valence-corrected chi connectivity index (χ2v) is 5.92. The van der Waals surface area contributed by atoms with Gasteiger partial charge in [-0.15, -0.1) is 0 Å². The maximum absolute atomic E-state index is 11.6. The largest absolute Gasteiger partial charge is 0.469 e. The number of anilines is 1. The van der Waals surface area contributed by atoms with E-state index in [4.69, 9.17) is 4.74 Å². The molecule has 0 amide bonds. The zero-order chi connectivity index (χ0) is 14.5. The third-order valence-electron chi connectivity index (χ3n) is 4.40. The average molecular weight is 275 g/mol. The molecule has 1 aliphatic rings. The highest BCUT2D eigenvalue weighted by atomic mass is 16.5. The lowest BCUT2D eigenvalue weighted by Gasteiger charge is -2.31. The Labute approximate surface area is 121 Å². The molecule has 0 spiro atoms. The molecule has 0 aliphatic heterocycles. The third-order valence-corrected chi connectivity index (χ3v) is 4.40. The molecule has 2 unspecified atom stereocenters. The minimum absolute atomic E-state index is 0.0770. The first-order valence-corrected chi connectivity index (χ1v) is 7.46. The van der Waals surface area contributed by atoms with Gasteiger partial charge in [0.05, 0.1) is 7.11 Å². The molecule has 20 heavy (non-hydrogen) atoms. The number of ether oxygens (including phenoxy) is 1. The molecule has 2 atom stereocenters. The number of hydrogen-bond donors (Lipinski definition) is 0. The van der Waals surface area contributed by atoms with Crippen LogP contribution >= 0.6 is 0 Å². The number of benzene rings is 1. The van der Waals surface area contributed by atoms with Crippen LogP contribution in [-0.4, -0.2) is 27.2 Å². The number of carbonyl (C=O) groups excluding carboxylic acids is 1. The first kappa shape index (κ1) is 14.9. The van der Waals surface area contributed by atoms with E-state index >= 15 is 0 Å². The number of methoxy groups -OCH3 is 1. The zero-order valence-electron chi connectivity index (χ0n) is 12.8. The van der Waals surface area contributed by atoms with Crippen molar-refractivity contribution < 1.29 is 9.53 Å². The maximum atomic E-state index is 11.6. The topological polar surface area (TPSA) is 29.5 Å². The molecule has 0 N–H and O–H groups in total. The Balaban J connectivity index is 2.12. The van der Waals surface area contributed by atoms with E-state index < -0.39 is 0 Å². The average Bonchev–Trinajstić information content (AvgIpc) is 2.48. The van der Waals surface area contributed by atoms with Gasteiger partial charge in [-0.25, -0.2) is 0 Å². The fourth-order valence-corrected chi connectivity index (χ4v) is 3.21. The third kappa shape index (κ3) is 3.53. The molecule has 1 aromatic rings.